The van der Waals surface area contributed by atoms with E-state index in [1.807, 2.05) is 47.0 Å². The van der Waals surface area contributed by atoms with E-state index in [4.69, 9.17) is 9.56 Å². The molecular formula is C21H19N5O4S2. The molecule has 2 aromatic carbocycles. The molecule has 0 saturated heterocycles. The number of amides is 1. The number of furan rings is 1. The largest absolute Gasteiger partial charge is 0.467 e. The Bertz CT molecular complexity index is 1300. The first-order valence-corrected chi connectivity index (χ1v) is 12.0. The van der Waals surface area contributed by atoms with E-state index in [2.05, 4.69) is 15.5 Å². The second-order valence-electron chi connectivity index (χ2n) is 6.74. The van der Waals surface area contributed by atoms with Crippen molar-refractivity contribution in [1.82, 2.24) is 14.8 Å². The van der Waals surface area contributed by atoms with Gasteiger partial charge in [0, 0.05) is 11.3 Å². The molecule has 3 N–H and O–H groups in total. The molecule has 0 saturated carbocycles. The van der Waals surface area contributed by atoms with Crippen molar-refractivity contribution in [2.45, 2.75) is 16.6 Å². The Hall–Kier alpha value is -3.41. The van der Waals surface area contributed by atoms with Crippen LogP contribution in [0, 0.1) is 0 Å². The van der Waals surface area contributed by atoms with Gasteiger partial charge in [-0.3, -0.25) is 9.36 Å². The molecule has 0 fully saturated rings. The maximum atomic E-state index is 12.4. The van der Waals surface area contributed by atoms with Crippen LogP contribution in [0.3, 0.4) is 0 Å². The predicted molar refractivity (Wildman–Crippen MR) is 120 cm³/mol. The van der Waals surface area contributed by atoms with Gasteiger partial charge in [-0.2, -0.15) is 0 Å². The zero-order valence-electron chi connectivity index (χ0n) is 16.7. The third kappa shape index (κ3) is 5.25. The lowest BCUT2D eigenvalue weighted by Gasteiger charge is -2.09. The molecule has 32 heavy (non-hydrogen) atoms. The highest BCUT2D eigenvalue weighted by Crippen LogP contribution is 2.25. The van der Waals surface area contributed by atoms with Crippen LogP contribution >= 0.6 is 11.8 Å². The molecule has 0 unspecified atom stereocenters. The summed E-state index contributed by atoms with van der Waals surface area (Å²) in [5, 5.41) is 17.0. The number of nitrogens with two attached hydrogens (primary N) is 1. The van der Waals surface area contributed by atoms with Gasteiger partial charge in [0.2, 0.25) is 15.9 Å². The monoisotopic (exact) mass is 469 g/mol. The minimum Gasteiger partial charge on any atom is -0.467 e. The van der Waals surface area contributed by atoms with E-state index < -0.39 is 10.0 Å². The van der Waals surface area contributed by atoms with Gasteiger partial charge in [-0.15, -0.1) is 10.2 Å². The summed E-state index contributed by atoms with van der Waals surface area (Å²) in [5.41, 5.74) is 1.36. The highest BCUT2D eigenvalue weighted by Gasteiger charge is 2.17. The average Bonchev–Trinajstić information content (AvgIpc) is 3.43. The van der Waals surface area contributed by atoms with Crippen LogP contribution in [0.1, 0.15) is 5.76 Å². The molecule has 4 rings (SSSR count). The molecule has 0 aliphatic rings. The highest BCUT2D eigenvalue weighted by molar-refractivity contribution is 7.99. The molecule has 0 spiro atoms. The Morgan fingerprint density at radius 1 is 1.03 bits per heavy atom. The smallest absolute Gasteiger partial charge is 0.238 e. The fourth-order valence-corrected chi connectivity index (χ4v) is 4.21. The molecule has 0 aliphatic carbocycles. The average molecular weight is 470 g/mol. The molecule has 164 valence electrons. The van der Waals surface area contributed by atoms with Gasteiger partial charge < -0.3 is 9.73 Å². The number of anilines is 1. The lowest BCUT2D eigenvalue weighted by Crippen LogP contribution is -2.15. The van der Waals surface area contributed by atoms with E-state index in [-0.39, 0.29) is 16.6 Å². The number of primary sulfonamides is 1. The van der Waals surface area contributed by atoms with Crippen LogP contribution in [-0.4, -0.2) is 34.8 Å². The van der Waals surface area contributed by atoms with Crippen molar-refractivity contribution in [3.05, 3.63) is 78.8 Å². The van der Waals surface area contributed by atoms with E-state index in [9.17, 15) is 13.2 Å². The number of sulfonamides is 1. The van der Waals surface area contributed by atoms with Crippen LogP contribution in [0.5, 0.6) is 0 Å². The maximum absolute atomic E-state index is 12.4. The number of carbonyl (C=O) groups excluding carboxylic acids is 1. The Balaban J connectivity index is 1.48. The van der Waals surface area contributed by atoms with E-state index in [0.29, 0.717) is 23.2 Å². The normalized spacial score (nSPS) is 11.4. The van der Waals surface area contributed by atoms with Crippen molar-refractivity contribution in [1.29, 1.82) is 0 Å². The Morgan fingerprint density at radius 3 is 2.44 bits per heavy atom. The SMILES string of the molecule is NS(=O)(=O)c1ccc(NC(=O)CSc2nnc(-c3ccccc3)n2Cc2ccco2)cc1. The van der Waals surface area contributed by atoms with Gasteiger partial charge >= 0.3 is 0 Å². The summed E-state index contributed by atoms with van der Waals surface area (Å²) < 4.78 is 30.1. The molecular weight excluding hydrogens is 450 g/mol. The van der Waals surface area contributed by atoms with Crippen LogP contribution in [0.4, 0.5) is 5.69 Å². The van der Waals surface area contributed by atoms with Gasteiger partial charge in [0.05, 0.1) is 23.5 Å². The summed E-state index contributed by atoms with van der Waals surface area (Å²) in [6.07, 6.45) is 1.60. The van der Waals surface area contributed by atoms with Crippen LogP contribution in [0.15, 0.2) is 87.5 Å². The third-order valence-electron chi connectivity index (χ3n) is 4.44. The number of nitrogens with zero attached hydrogens (tertiary/aromatic N) is 3. The lowest BCUT2D eigenvalue weighted by atomic mass is 10.2. The first-order chi connectivity index (χ1) is 15.4. The molecule has 4 aromatic rings. The van der Waals surface area contributed by atoms with E-state index in [0.717, 1.165) is 11.3 Å². The Morgan fingerprint density at radius 2 is 1.78 bits per heavy atom. The number of aromatic nitrogens is 3. The van der Waals surface area contributed by atoms with Crippen molar-refractivity contribution in [2.24, 2.45) is 5.14 Å². The van der Waals surface area contributed by atoms with Gasteiger partial charge in [0.1, 0.15) is 5.76 Å². The van der Waals surface area contributed by atoms with Crippen molar-refractivity contribution < 1.29 is 17.6 Å². The van der Waals surface area contributed by atoms with Gasteiger partial charge in [-0.1, -0.05) is 42.1 Å². The number of carbonyl (C=O) groups is 1. The quantitative estimate of drug-likeness (QED) is 0.379. The maximum Gasteiger partial charge on any atom is 0.238 e. The molecule has 9 nitrogen and oxygen atoms in total. The molecule has 1 amide bonds. The summed E-state index contributed by atoms with van der Waals surface area (Å²) >= 11 is 1.24. The molecule has 0 bridgehead atoms. The third-order valence-corrected chi connectivity index (χ3v) is 6.34. The van der Waals surface area contributed by atoms with Gasteiger partial charge in [0.25, 0.3) is 0 Å². The summed E-state index contributed by atoms with van der Waals surface area (Å²) in [4.78, 5) is 12.4. The summed E-state index contributed by atoms with van der Waals surface area (Å²) in [6.45, 7) is 0.420. The highest BCUT2D eigenvalue weighted by atomic mass is 32.2. The number of hydrogen-bond donors (Lipinski definition) is 2. The summed E-state index contributed by atoms with van der Waals surface area (Å²) in [6, 6.07) is 18.9. The van der Waals surface area contributed by atoms with Crippen molar-refractivity contribution in [3.8, 4) is 11.4 Å². The van der Waals surface area contributed by atoms with E-state index in [1.165, 1.54) is 36.0 Å². The van der Waals surface area contributed by atoms with Gasteiger partial charge in [-0.05, 0) is 36.4 Å². The second-order valence-corrected chi connectivity index (χ2v) is 9.25. The molecule has 0 radical (unpaired) electrons. The second kappa shape index (κ2) is 9.39. The number of nitrogens with one attached hydrogen (secondary N) is 1. The molecule has 0 aliphatic heterocycles. The summed E-state index contributed by atoms with van der Waals surface area (Å²) in [5.74, 6) is 1.22. The van der Waals surface area contributed by atoms with E-state index >= 15 is 0 Å². The van der Waals surface area contributed by atoms with Crippen molar-refractivity contribution in [3.63, 3.8) is 0 Å². The molecule has 2 heterocycles. The number of rotatable bonds is 8. The standard InChI is InChI=1S/C21H19N5O4S2/c22-32(28,29)18-10-8-16(9-11-18)23-19(27)14-31-21-25-24-20(15-5-2-1-3-6-15)26(21)13-17-7-4-12-30-17/h1-12H,13-14H2,(H,23,27)(H2,22,28,29). The van der Waals surface area contributed by atoms with Crippen LogP contribution < -0.4 is 10.5 Å². The van der Waals surface area contributed by atoms with Crippen molar-refractivity contribution >= 4 is 33.4 Å². The zero-order valence-corrected chi connectivity index (χ0v) is 18.3. The van der Waals surface area contributed by atoms with Gasteiger partial charge in [0.15, 0.2) is 11.0 Å². The first-order valence-electron chi connectivity index (χ1n) is 9.47. The number of benzene rings is 2. The topological polar surface area (TPSA) is 133 Å². The minimum absolute atomic E-state index is 0.0238. The Labute approximate surface area is 188 Å². The Kier molecular flexibility index (Phi) is 6.40. The fraction of sp³-hybridized carbons (Fsp3) is 0.0952. The minimum atomic E-state index is -3.78. The first kappa shape index (κ1) is 21.8. The number of hydrogen-bond acceptors (Lipinski definition) is 7. The van der Waals surface area contributed by atoms with Crippen molar-refractivity contribution in [2.75, 3.05) is 11.1 Å². The molecule has 2 aromatic heterocycles. The van der Waals surface area contributed by atoms with Gasteiger partial charge in [-0.25, -0.2) is 13.6 Å². The molecule has 11 heteroatoms. The zero-order chi connectivity index (χ0) is 22.6. The lowest BCUT2D eigenvalue weighted by molar-refractivity contribution is -0.113. The molecule has 0 atom stereocenters. The summed E-state index contributed by atoms with van der Waals surface area (Å²) in [7, 11) is -3.78. The van der Waals surface area contributed by atoms with Crippen LogP contribution in [-0.2, 0) is 21.4 Å². The van der Waals surface area contributed by atoms with Crippen LogP contribution in [0.25, 0.3) is 11.4 Å². The predicted octanol–water partition coefficient (Wildman–Crippen LogP) is 2.96. The number of thioether (sulfide) groups is 1. The fourth-order valence-electron chi connectivity index (χ4n) is 2.95. The van der Waals surface area contributed by atoms with E-state index in [1.54, 1.807) is 6.26 Å². The van der Waals surface area contributed by atoms with Crippen LogP contribution in [0.2, 0.25) is 0 Å².